The Hall–Kier alpha value is -2.59. The number of aromatic nitrogens is 3. The molecule has 8 nitrogen and oxygen atoms in total. The van der Waals surface area contributed by atoms with E-state index in [1.54, 1.807) is 12.3 Å². The number of thioether (sulfide) groups is 1. The maximum absolute atomic E-state index is 13.4. The molecule has 1 aliphatic heterocycles. The van der Waals surface area contributed by atoms with Crippen LogP contribution < -0.4 is 0 Å². The molecule has 1 aromatic carbocycles. The summed E-state index contributed by atoms with van der Waals surface area (Å²) < 4.78 is 31.6. The number of hydrogen-bond donors (Lipinski definition) is 0. The molecule has 1 aliphatic carbocycles. The van der Waals surface area contributed by atoms with Gasteiger partial charge >= 0.3 is 0 Å². The van der Waals surface area contributed by atoms with Gasteiger partial charge in [-0.15, -0.1) is 10.2 Å². The van der Waals surface area contributed by atoms with Crippen LogP contribution in [0.25, 0.3) is 17.3 Å². The van der Waals surface area contributed by atoms with Gasteiger partial charge < -0.3 is 9.32 Å². The van der Waals surface area contributed by atoms with Crippen molar-refractivity contribution in [2.75, 3.05) is 17.3 Å². The van der Waals surface area contributed by atoms with Gasteiger partial charge in [0.25, 0.3) is 0 Å². The Balaban J connectivity index is 1.39. The molecule has 10 heteroatoms. The van der Waals surface area contributed by atoms with Crippen LogP contribution in [-0.2, 0) is 14.6 Å². The van der Waals surface area contributed by atoms with E-state index >= 15 is 0 Å². The predicted molar refractivity (Wildman–Crippen MR) is 126 cm³/mol. The van der Waals surface area contributed by atoms with E-state index in [0.717, 1.165) is 31.4 Å². The highest BCUT2D eigenvalue weighted by Gasteiger charge is 2.39. The Kier molecular flexibility index (Phi) is 6.29. The summed E-state index contributed by atoms with van der Waals surface area (Å²) in [6.07, 6.45) is 6.15. The van der Waals surface area contributed by atoms with Crippen LogP contribution >= 0.6 is 11.8 Å². The molecular formula is C23H26N4O4S2. The molecule has 0 radical (unpaired) electrons. The standard InChI is InChI=1S/C23H26N4O4S2/c28-21(26(17-9-4-5-10-17)19-12-14-33(29,30)16-19)15-32-23-25-24-22(20-11-6-13-31-20)27(23)18-7-2-1-3-8-18/h1-3,6-8,11,13,17,19H,4-5,9-10,12,14-16H2/t19-/m0/s1. The van der Waals surface area contributed by atoms with Gasteiger partial charge in [0, 0.05) is 17.8 Å². The molecule has 3 heterocycles. The van der Waals surface area contributed by atoms with Crippen LogP contribution in [0.2, 0.25) is 0 Å². The van der Waals surface area contributed by atoms with Crippen molar-refractivity contribution in [1.29, 1.82) is 0 Å². The quantitative estimate of drug-likeness (QED) is 0.471. The molecule has 2 fully saturated rings. The lowest BCUT2D eigenvalue weighted by atomic mass is 10.1. The predicted octanol–water partition coefficient (Wildman–Crippen LogP) is 3.58. The number of nitrogens with zero attached hydrogens (tertiary/aromatic N) is 4. The topological polar surface area (TPSA) is 98.3 Å². The average molecular weight is 487 g/mol. The summed E-state index contributed by atoms with van der Waals surface area (Å²) in [5.41, 5.74) is 0.874. The number of carbonyl (C=O) groups excluding carboxylic acids is 1. The SMILES string of the molecule is O=C(CSc1nnc(-c2ccco2)n1-c1ccccc1)N(C1CCCC1)[C@H]1CCS(=O)(=O)C1. The molecule has 0 bridgehead atoms. The number of carbonyl (C=O) groups is 1. The third kappa shape index (κ3) is 4.72. The first-order valence-corrected chi connectivity index (χ1v) is 14.0. The number of furan rings is 1. The molecular weight excluding hydrogens is 460 g/mol. The fourth-order valence-corrected chi connectivity index (χ4v) is 7.35. The van der Waals surface area contributed by atoms with E-state index in [0.29, 0.717) is 23.2 Å². The van der Waals surface area contributed by atoms with E-state index in [1.807, 2.05) is 45.9 Å². The summed E-state index contributed by atoms with van der Waals surface area (Å²) in [5, 5.41) is 9.26. The van der Waals surface area contributed by atoms with Crippen molar-refractivity contribution in [3.05, 3.63) is 48.7 Å². The number of benzene rings is 1. The van der Waals surface area contributed by atoms with Crippen molar-refractivity contribution in [3.63, 3.8) is 0 Å². The van der Waals surface area contributed by atoms with Crippen molar-refractivity contribution < 1.29 is 17.6 Å². The second kappa shape index (κ2) is 9.34. The normalized spacial score (nSPS) is 20.3. The molecule has 2 aliphatic rings. The first-order valence-electron chi connectivity index (χ1n) is 11.2. The molecule has 1 amide bonds. The maximum Gasteiger partial charge on any atom is 0.233 e. The molecule has 0 spiro atoms. The zero-order valence-corrected chi connectivity index (χ0v) is 19.8. The number of amides is 1. The lowest BCUT2D eigenvalue weighted by Gasteiger charge is -2.34. The van der Waals surface area contributed by atoms with Crippen LogP contribution in [0.4, 0.5) is 0 Å². The molecule has 33 heavy (non-hydrogen) atoms. The Labute approximate surface area is 197 Å². The molecule has 174 valence electrons. The number of sulfone groups is 1. The van der Waals surface area contributed by atoms with Gasteiger partial charge in [-0.2, -0.15) is 0 Å². The Morgan fingerprint density at radius 1 is 1.06 bits per heavy atom. The van der Waals surface area contributed by atoms with E-state index in [2.05, 4.69) is 10.2 Å². The summed E-state index contributed by atoms with van der Waals surface area (Å²) in [6.45, 7) is 0. The zero-order chi connectivity index (χ0) is 22.8. The van der Waals surface area contributed by atoms with Crippen molar-refractivity contribution in [2.45, 2.75) is 49.3 Å². The minimum absolute atomic E-state index is 0.0313. The second-order valence-corrected chi connectivity index (χ2v) is 11.7. The molecule has 1 saturated heterocycles. The number of hydrogen-bond acceptors (Lipinski definition) is 7. The van der Waals surface area contributed by atoms with Gasteiger partial charge in [-0.3, -0.25) is 9.36 Å². The summed E-state index contributed by atoms with van der Waals surface area (Å²) in [5.74, 6) is 1.54. The van der Waals surface area contributed by atoms with E-state index < -0.39 is 9.84 Å². The summed E-state index contributed by atoms with van der Waals surface area (Å²) >= 11 is 1.32. The molecule has 3 aromatic rings. The summed E-state index contributed by atoms with van der Waals surface area (Å²) in [7, 11) is -3.07. The third-order valence-corrected chi connectivity index (χ3v) is 8.99. The van der Waals surface area contributed by atoms with Gasteiger partial charge in [0.05, 0.1) is 23.5 Å². The van der Waals surface area contributed by atoms with E-state index in [-0.39, 0.29) is 35.2 Å². The van der Waals surface area contributed by atoms with Crippen molar-refractivity contribution in [1.82, 2.24) is 19.7 Å². The first kappa shape index (κ1) is 22.2. The molecule has 2 aromatic heterocycles. The highest BCUT2D eigenvalue weighted by atomic mass is 32.2. The van der Waals surface area contributed by atoms with Crippen molar-refractivity contribution in [2.24, 2.45) is 0 Å². The Morgan fingerprint density at radius 3 is 2.52 bits per heavy atom. The van der Waals surface area contributed by atoms with Gasteiger partial charge in [0.2, 0.25) is 11.7 Å². The van der Waals surface area contributed by atoms with Crippen LogP contribution in [0.1, 0.15) is 32.1 Å². The van der Waals surface area contributed by atoms with Crippen LogP contribution in [0.3, 0.4) is 0 Å². The summed E-state index contributed by atoms with van der Waals surface area (Å²) in [4.78, 5) is 15.3. The zero-order valence-electron chi connectivity index (χ0n) is 18.2. The fraction of sp³-hybridized carbons (Fsp3) is 0.435. The second-order valence-electron chi connectivity index (χ2n) is 8.54. The minimum Gasteiger partial charge on any atom is -0.461 e. The first-order chi connectivity index (χ1) is 16.0. The monoisotopic (exact) mass is 486 g/mol. The molecule has 1 atom stereocenters. The largest absolute Gasteiger partial charge is 0.461 e. The van der Waals surface area contributed by atoms with Gasteiger partial charge in [-0.05, 0) is 43.5 Å². The maximum atomic E-state index is 13.4. The van der Waals surface area contributed by atoms with Crippen LogP contribution in [0, 0.1) is 0 Å². The molecule has 0 N–H and O–H groups in total. The lowest BCUT2D eigenvalue weighted by molar-refractivity contribution is -0.132. The van der Waals surface area contributed by atoms with E-state index in [1.165, 1.54) is 11.8 Å². The third-order valence-electron chi connectivity index (χ3n) is 6.32. The van der Waals surface area contributed by atoms with Crippen molar-refractivity contribution in [3.8, 4) is 17.3 Å². The molecule has 5 rings (SSSR count). The minimum atomic E-state index is -3.07. The average Bonchev–Trinajstić information content (AvgIpc) is 3.60. The van der Waals surface area contributed by atoms with Gasteiger partial charge in [-0.1, -0.05) is 42.8 Å². The van der Waals surface area contributed by atoms with Gasteiger partial charge in [0.1, 0.15) is 0 Å². The van der Waals surface area contributed by atoms with Gasteiger partial charge in [-0.25, -0.2) is 8.42 Å². The smallest absolute Gasteiger partial charge is 0.233 e. The summed E-state index contributed by atoms with van der Waals surface area (Å²) in [6, 6.07) is 13.2. The number of para-hydroxylation sites is 1. The highest BCUT2D eigenvalue weighted by Crippen LogP contribution is 2.32. The van der Waals surface area contributed by atoms with Crippen molar-refractivity contribution >= 4 is 27.5 Å². The Morgan fingerprint density at radius 2 is 1.85 bits per heavy atom. The fourth-order valence-electron chi connectivity index (χ4n) is 4.82. The van der Waals surface area contributed by atoms with Crippen LogP contribution in [0.5, 0.6) is 0 Å². The van der Waals surface area contributed by atoms with E-state index in [9.17, 15) is 13.2 Å². The lowest BCUT2D eigenvalue weighted by Crippen LogP contribution is -2.47. The molecule has 1 saturated carbocycles. The number of rotatable bonds is 7. The van der Waals surface area contributed by atoms with Crippen LogP contribution in [-0.4, -0.2) is 63.3 Å². The molecule has 0 unspecified atom stereocenters. The van der Waals surface area contributed by atoms with E-state index in [4.69, 9.17) is 4.42 Å². The Bertz CT molecular complexity index is 1200. The van der Waals surface area contributed by atoms with Crippen LogP contribution in [0.15, 0.2) is 58.3 Å². The van der Waals surface area contributed by atoms with Gasteiger partial charge in [0.15, 0.2) is 20.8 Å². The highest BCUT2D eigenvalue weighted by molar-refractivity contribution is 7.99.